The normalized spacial score (nSPS) is 12.2. The molecule has 1 rings (SSSR count). The van der Waals surface area contributed by atoms with Crippen LogP contribution in [0.5, 0.6) is 0 Å². The molecule has 0 unspecified atom stereocenters. The topological polar surface area (TPSA) is 38.3 Å². The Morgan fingerprint density at radius 1 is 1.35 bits per heavy atom. The molecule has 0 amide bonds. The van der Waals surface area contributed by atoms with Gasteiger partial charge >= 0.3 is 5.97 Å². The molecule has 3 nitrogen and oxygen atoms in total. The molecule has 0 heterocycles. The van der Waals surface area contributed by atoms with Gasteiger partial charge < -0.3 is 10.1 Å². The molecule has 0 bridgehead atoms. The highest BCUT2D eigenvalue weighted by molar-refractivity contribution is 5.73. The molecular formula is C14H21NO2. The van der Waals surface area contributed by atoms with Crippen molar-refractivity contribution in [1.82, 2.24) is 5.32 Å². The van der Waals surface area contributed by atoms with Crippen molar-refractivity contribution in [2.75, 3.05) is 20.2 Å². The van der Waals surface area contributed by atoms with E-state index in [0.717, 1.165) is 6.42 Å². The van der Waals surface area contributed by atoms with Gasteiger partial charge in [0, 0.05) is 6.54 Å². The third-order valence-electron chi connectivity index (χ3n) is 2.67. The third kappa shape index (κ3) is 4.57. The molecule has 1 N–H and O–H groups in total. The molecule has 1 aromatic rings. The number of ether oxygens (including phenoxy) is 1. The fourth-order valence-electron chi connectivity index (χ4n) is 1.75. The van der Waals surface area contributed by atoms with E-state index in [0.29, 0.717) is 13.2 Å². The Kier molecular flexibility index (Phi) is 5.70. The van der Waals surface area contributed by atoms with Crippen LogP contribution < -0.4 is 5.32 Å². The van der Waals surface area contributed by atoms with Crippen LogP contribution in [-0.2, 0) is 16.0 Å². The van der Waals surface area contributed by atoms with Gasteiger partial charge in [-0.25, -0.2) is 0 Å². The first-order valence-corrected chi connectivity index (χ1v) is 6.04. The summed E-state index contributed by atoms with van der Waals surface area (Å²) in [6, 6.07) is 8.27. The summed E-state index contributed by atoms with van der Waals surface area (Å²) in [7, 11) is 1.85. The van der Waals surface area contributed by atoms with Crippen molar-refractivity contribution in [3.8, 4) is 0 Å². The van der Waals surface area contributed by atoms with Crippen LogP contribution in [0.4, 0.5) is 0 Å². The average Bonchev–Trinajstić information content (AvgIpc) is 2.31. The van der Waals surface area contributed by atoms with E-state index in [4.69, 9.17) is 4.74 Å². The monoisotopic (exact) mass is 235 g/mol. The molecule has 17 heavy (non-hydrogen) atoms. The van der Waals surface area contributed by atoms with Crippen molar-refractivity contribution in [2.45, 2.75) is 20.3 Å². The van der Waals surface area contributed by atoms with E-state index in [2.05, 4.69) is 36.5 Å². The largest absolute Gasteiger partial charge is 0.466 e. The molecule has 3 heteroatoms. The SMILES string of the molecule is CCOC(=O)[C@H](CNC)Cc1ccc(C)cc1. The maximum Gasteiger partial charge on any atom is 0.310 e. The van der Waals surface area contributed by atoms with Gasteiger partial charge in [0.25, 0.3) is 0 Å². The lowest BCUT2D eigenvalue weighted by atomic mass is 9.98. The number of hydrogen-bond donors (Lipinski definition) is 1. The summed E-state index contributed by atoms with van der Waals surface area (Å²) in [6.45, 7) is 4.97. The van der Waals surface area contributed by atoms with Crippen molar-refractivity contribution in [1.29, 1.82) is 0 Å². The van der Waals surface area contributed by atoms with E-state index in [1.165, 1.54) is 11.1 Å². The van der Waals surface area contributed by atoms with Crippen LogP contribution in [0, 0.1) is 12.8 Å². The highest BCUT2D eigenvalue weighted by Crippen LogP contribution is 2.11. The van der Waals surface area contributed by atoms with Crippen LogP contribution in [0.25, 0.3) is 0 Å². The van der Waals surface area contributed by atoms with Gasteiger partial charge in [-0.3, -0.25) is 4.79 Å². The van der Waals surface area contributed by atoms with Gasteiger partial charge in [0.15, 0.2) is 0 Å². The first kappa shape index (κ1) is 13.7. The van der Waals surface area contributed by atoms with Gasteiger partial charge in [0.1, 0.15) is 0 Å². The van der Waals surface area contributed by atoms with Crippen LogP contribution in [0.15, 0.2) is 24.3 Å². The van der Waals surface area contributed by atoms with Crippen LogP contribution in [0.2, 0.25) is 0 Å². The predicted molar refractivity (Wildman–Crippen MR) is 68.9 cm³/mol. The van der Waals surface area contributed by atoms with Crippen LogP contribution in [0.3, 0.4) is 0 Å². The standard InChI is InChI=1S/C14H21NO2/c1-4-17-14(16)13(10-15-3)9-12-7-5-11(2)6-8-12/h5-8,13,15H,4,9-10H2,1-3H3/t13-/m0/s1. The lowest BCUT2D eigenvalue weighted by Gasteiger charge is -2.15. The summed E-state index contributed by atoms with van der Waals surface area (Å²) in [4.78, 5) is 11.7. The number of benzene rings is 1. The molecule has 0 aliphatic heterocycles. The van der Waals surface area contributed by atoms with Crippen molar-refractivity contribution in [3.05, 3.63) is 35.4 Å². The van der Waals surface area contributed by atoms with Crippen molar-refractivity contribution in [2.24, 2.45) is 5.92 Å². The number of nitrogens with one attached hydrogen (secondary N) is 1. The fraction of sp³-hybridized carbons (Fsp3) is 0.500. The maximum absolute atomic E-state index is 11.7. The summed E-state index contributed by atoms with van der Waals surface area (Å²) in [6.07, 6.45) is 0.722. The zero-order valence-corrected chi connectivity index (χ0v) is 10.8. The van der Waals surface area contributed by atoms with E-state index in [1.54, 1.807) is 0 Å². The molecular weight excluding hydrogens is 214 g/mol. The number of hydrogen-bond acceptors (Lipinski definition) is 3. The number of aryl methyl sites for hydroxylation is 1. The van der Waals surface area contributed by atoms with Gasteiger partial charge in [-0.15, -0.1) is 0 Å². The first-order chi connectivity index (χ1) is 8.17. The second-order valence-corrected chi connectivity index (χ2v) is 4.20. The van der Waals surface area contributed by atoms with E-state index < -0.39 is 0 Å². The first-order valence-electron chi connectivity index (χ1n) is 6.04. The number of esters is 1. The number of rotatable bonds is 6. The zero-order chi connectivity index (χ0) is 12.7. The molecule has 0 saturated carbocycles. The summed E-state index contributed by atoms with van der Waals surface area (Å²) >= 11 is 0. The fourth-order valence-corrected chi connectivity index (χ4v) is 1.75. The zero-order valence-electron chi connectivity index (χ0n) is 10.8. The Labute approximate surface area is 103 Å². The van der Waals surface area contributed by atoms with Gasteiger partial charge in [0.05, 0.1) is 12.5 Å². The molecule has 1 atom stereocenters. The van der Waals surface area contributed by atoms with E-state index >= 15 is 0 Å². The summed E-state index contributed by atoms with van der Waals surface area (Å²) in [5, 5.41) is 3.04. The average molecular weight is 235 g/mol. The second-order valence-electron chi connectivity index (χ2n) is 4.20. The van der Waals surface area contributed by atoms with Crippen molar-refractivity contribution in [3.63, 3.8) is 0 Å². The lowest BCUT2D eigenvalue weighted by molar-refractivity contribution is -0.147. The van der Waals surface area contributed by atoms with Crippen LogP contribution in [0.1, 0.15) is 18.1 Å². The quantitative estimate of drug-likeness (QED) is 0.766. The van der Waals surface area contributed by atoms with Gasteiger partial charge in [-0.2, -0.15) is 0 Å². The van der Waals surface area contributed by atoms with Gasteiger partial charge in [0.2, 0.25) is 0 Å². The molecule has 0 radical (unpaired) electrons. The number of carbonyl (C=O) groups excluding carboxylic acids is 1. The molecule has 0 aromatic heterocycles. The van der Waals surface area contributed by atoms with Gasteiger partial charge in [-0.05, 0) is 32.9 Å². The Balaban J connectivity index is 2.65. The minimum absolute atomic E-state index is 0.109. The highest BCUT2D eigenvalue weighted by Gasteiger charge is 2.19. The third-order valence-corrected chi connectivity index (χ3v) is 2.67. The predicted octanol–water partition coefficient (Wildman–Crippen LogP) is 1.94. The Morgan fingerprint density at radius 3 is 2.53 bits per heavy atom. The van der Waals surface area contributed by atoms with Crippen LogP contribution in [-0.4, -0.2) is 26.2 Å². The molecule has 0 aliphatic rings. The lowest BCUT2D eigenvalue weighted by Crippen LogP contribution is -2.29. The highest BCUT2D eigenvalue weighted by atomic mass is 16.5. The Bertz CT molecular complexity index is 346. The van der Waals surface area contributed by atoms with E-state index in [1.807, 2.05) is 14.0 Å². The molecule has 94 valence electrons. The molecule has 0 saturated heterocycles. The molecule has 1 aromatic carbocycles. The van der Waals surface area contributed by atoms with E-state index in [-0.39, 0.29) is 11.9 Å². The minimum Gasteiger partial charge on any atom is -0.466 e. The summed E-state index contributed by atoms with van der Waals surface area (Å²) in [5.74, 6) is -0.231. The second kappa shape index (κ2) is 7.07. The van der Waals surface area contributed by atoms with Crippen LogP contribution >= 0.6 is 0 Å². The van der Waals surface area contributed by atoms with E-state index in [9.17, 15) is 4.79 Å². The number of carbonyl (C=O) groups is 1. The summed E-state index contributed by atoms with van der Waals surface area (Å²) in [5.41, 5.74) is 2.40. The molecule has 0 spiro atoms. The van der Waals surface area contributed by atoms with Crippen molar-refractivity contribution >= 4 is 5.97 Å². The van der Waals surface area contributed by atoms with Crippen molar-refractivity contribution < 1.29 is 9.53 Å². The Hall–Kier alpha value is -1.35. The maximum atomic E-state index is 11.7. The van der Waals surface area contributed by atoms with Gasteiger partial charge in [-0.1, -0.05) is 29.8 Å². The smallest absolute Gasteiger partial charge is 0.310 e. The molecule has 0 fully saturated rings. The summed E-state index contributed by atoms with van der Waals surface area (Å²) < 4.78 is 5.07. The minimum atomic E-state index is -0.123. The Morgan fingerprint density at radius 2 is 2.00 bits per heavy atom. The molecule has 0 aliphatic carbocycles.